The maximum Gasteiger partial charge on any atom is 0.302 e. The summed E-state index contributed by atoms with van der Waals surface area (Å²) in [6, 6.07) is 13.4. The second kappa shape index (κ2) is 4.86. The maximum atomic E-state index is 12.4. The number of nitrogen functional groups attached to an aromatic ring is 1. The van der Waals surface area contributed by atoms with Crippen molar-refractivity contribution in [1.29, 1.82) is 0 Å². The van der Waals surface area contributed by atoms with E-state index in [0.717, 1.165) is 10.5 Å². The molecule has 0 saturated heterocycles. The normalized spacial score (nSPS) is 14.3. The summed E-state index contributed by atoms with van der Waals surface area (Å²) >= 11 is 0. The average Bonchev–Trinajstić information content (AvgIpc) is 2.50. The number of Topliss-reactive ketones (excluding diaryl/α,β-unsaturated/α-hetero) is 1. The number of fused-ring (bicyclic) bond motifs is 1. The third kappa shape index (κ3) is 2.18. The molecule has 1 heterocycles. The minimum atomic E-state index is -0.805. The van der Waals surface area contributed by atoms with E-state index in [-0.39, 0.29) is 17.7 Å². The number of imide groups is 1. The molecule has 1 aliphatic heterocycles. The van der Waals surface area contributed by atoms with E-state index in [4.69, 9.17) is 5.73 Å². The van der Waals surface area contributed by atoms with Gasteiger partial charge in [-0.05, 0) is 23.8 Å². The number of amides is 2. The lowest BCUT2D eigenvalue weighted by Crippen LogP contribution is -2.45. The number of nitrogens with two attached hydrogens (primary N) is 1. The summed E-state index contributed by atoms with van der Waals surface area (Å²) in [6.45, 7) is 0.0679. The zero-order valence-electron chi connectivity index (χ0n) is 11.1. The quantitative estimate of drug-likeness (QED) is 0.515. The molecule has 0 saturated carbocycles. The van der Waals surface area contributed by atoms with E-state index >= 15 is 0 Å². The molecule has 21 heavy (non-hydrogen) atoms. The van der Waals surface area contributed by atoms with Gasteiger partial charge < -0.3 is 5.73 Å². The Kier molecular flexibility index (Phi) is 3.02. The Hall–Kier alpha value is -2.95. The number of benzene rings is 2. The van der Waals surface area contributed by atoms with Crippen molar-refractivity contribution in [3.8, 4) is 0 Å². The fraction of sp³-hybridized carbons (Fsp3) is 0.0625. The van der Waals surface area contributed by atoms with Crippen LogP contribution in [0.15, 0.2) is 48.5 Å². The molecule has 0 aliphatic carbocycles. The second-order valence-corrected chi connectivity index (χ2v) is 4.82. The molecular weight excluding hydrogens is 268 g/mol. The predicted molar refractivity (Wildman–Crippen MR) is 76.5 cm³/mol. The highest BCUT2D eigenvalue weighted by Crippen LogP contribution is 2.23. The van der Waals surface area contributed by atoms with Crippen LogP contribution in [0, 0.1) is 0 Å². The van der Waals surface area contributed by atoms with E-state index in [0.29, 0.717) is 5.69 Å². The molecule has 0 radical (unpaired) electrons. The molecule has 0 fully saturated rings. The molecule has 1 aliphatic rings. The van der Waals surface area contributed by atoms with Crippen LogP contribution in [0.5, 0.6) is 0 Å². The molecule has 0 spiro atoms. The van der Waals surface area contributed by atoms with Gasteiger partial charge in [0.05, 0.1) is 12.1 Å². The minimum Gasteiger partial charge on any atom is -0.399 e. The standard InChI is InChI=1S/C16H12N2O3/c17-11-6-7-12-13(8-11)15(20)18(16(21)14(12)19)9-10-4-2-1-3-5-10/h1-8H,9,17H2. The van der Waals surface area contributed by atoms with E-state index in [1.54, 1.807) is 12.1 Å². The summed E-state index contributed by atoms with van der Waals surface area (Å²) in [5.41, 5.74) is 7.10. The third-order valence-corrected chi connectivity index (χ3v) is 3.39. The fourth-order valence-corrected chi connectivity index (χ4v) is 2.32. The molecule has 3 rings (SSSR count). The van der Waals surface area contributed by atoms with Crippen molar-refractivity contribution < 1.29 is 14.4 Å². The molecule has 0 bridgehead atoms. The summed E-state index contributed by atoms with van der Waals surface area (Å²) in [5.74, 6) is -1.98. The van der Waals surface area contributed by atoms with Crippen LogP contribution in [0.1, 0.15) is 26.3 Å². The largest absolute Gasteiger partial charge is 0.399 e. The van der Waals surface area contributed by atoms with Crippen LogP contribution < -0.4 is 5.73 Å². The number of ketones is 1. The van der Waals surface area contributed by atoms with E-state index < -0.39 is 17.6 Å². The van der Waals surface area contributed by atoms with E-state index in [1.165, 1.54) is 18.2 Å². The molecule has 2 N–H and O–H groups in total. The van der Waals surface area contributed by atoms with Gasteiger partial charge in [-0.15, -0.1) is 0 Å². The molecule has 5 heteroatoms. The monoisotopic (exact) mass is 280 g/mol. The molecule has 0 unspecified atom stereocenters. The Labute approximate surface area is 121 Å². The van der Waals surface area contributed by atoms with Gasteiger partial charge >= 0.3 is 5.91 Å². The van der Waals surface area contributed by atoms with Gasteiger partial charge in [-0.3, -0.25) is 19.3 Å². The molecule has 0 aromatic heterocycles. The van der Waals surface area contributed by atoms with Crippen molar-refractivity contribution in [2.45, 2.75) is 6.54 Å². The lowest BCUT2D eigenvalue weighted by Gasteiger charge is -2.25. The number of hydrogen-bond donors (Lipinski definition) is 1. The minimum absolute atomic E-state index is 0.0679. The highest BCUT2D eigenvalue weighted by Gasteiger charge is 2.37. The lowest BCUT2D eigenvalue weighted by atomic mass is 9.96. The predicted octanol–water partition coefficient (Wildman–Crippen LogP) is 1.63. The van der Waals surface area contributed by atoms with Crippen LogP contribution in [0.2, 0.25) is 0 Å². The van der Waals surface area contributed by atoms with Crippen molar-refractivity contribution in [2.24, 2.45) is 0 Å². The van der Waals surface area contributed by atoms with Gasteiger partial charge in [0.25, 0.3) is 11.7 Å². The van der Waals surface area contributed by atoms with Crippen molar-refractivity contribution in [3.05, 3.63) is 65.2 Å². The number of nitrogens with zero attached hydrogens (tertiary/aromatic N) is 1. The summed E-state index contributed by atoms with van der Waals surface area (Å²) in [6.07, 6.45) is 0. The zero-order valence-corrected chi connectivity index (χ0v) is 11.1. The van der Waals surface area contributed by atoms with Crippen LogP contribution in [-0.4, -0.2) is 22.5 Å². The fourth-order valence-electron chi connectivity index (χ4n) is 2.32. The summed E-state index contributed by atoms with van der Waals surface area (Å²) in [4.78, 5) is 37.6. The van der Waals surface area contributed by atoms with Gasteiger partial charge in [0.2, 0.25) is 0 Å². The Balaban J connectivity index is 2.02. The zero-order chi connectivity index (χ0) is 15.0. The Morgan fingerprint density at radius 2 is 1.57 bits per heavy atom. The van der Waals surface area contributed by atoms with Crippen molar-refractivity contribution in [3.63, 3.8) is 0 Å². The number of carbonyl (C=O) groups is 3. The Morgan fingerprint density at radius 1 is 0.857 bits per heavy atom. The van der Waals surface area contributed by atoms with Crippen LogP contribution in [-0.2, 0) is 11.3 Å². The molecule has 2 amide bonds. The SMILES string of the molecule is Nc1ccc2c(c1)C(=O)N(Cc1ccccc1)C(=O)C2=O. The molecule has 2 aromatic rings. The van der Waals surface area contributed by atoms with Gasteiger partial charge in [-0.1, -0.05) is 30.3 Å². The number of hydrogen-bond acceptors (Lipinski definition) is 4. The van der Waals surface area contributed by atoms with Gasteiger partial charge in [0.15, 0.2) is 0 Å². The average molecular weight is 280 g/mol. The molecule has 104 valence electrons. The van der Waals surface area contributed by atoms with Crippen molar-refractivity contribution in [1.82, 2.24) is 4.90 Å². The molecule has 0 atom stereocenters. The number of carbonyl (C=O) groups excluding carboxylic acids is 3. The third-order valence-electron chi connectivity index (χ3n) is 3.39. The smallest absolute Gasteiger partial charge is 0.302 e. The first kappa shape index (κ1) is 13.1. The van der Waals surface area contributed by atoms with Gasteiger partial charge in [0, 0.05) is 11.3 Å². The van der Waals surface area contributed by atoms with E-state index in [2.05, 4.69) is 0 Å². The lowest BCUT2D eigenvalue weighted by molar-refractivity contribution is -0.124. The summed E-state index contributed by atoms with van der Waals surface area (Å²) < 4.78 is 0. The highest BCUT2D eigenvalue weighted by atomic mass is 16.2. The Bertz CT molecular complexity index is 753. The van der Waals surface area contributed by atoms with Crippen LogP contribution >= 0.6 is 0 Å². The van der Waals surface area contributed by atoms with Crippen molar-refractivity contribution >= 4 is 23.3 Å². The topological polar surface area (TPSA) is 80.5 Å². The number of rotatable bonds is 2. The summed E-state index contributed by atoms with van der Waals surface area (Å²) in [5, 5.41) is 0. The van der Waals surface area contributed by atoms with Gasteiger partial charge in [-0.25, -0.2) is 0 Å². The van der Waals surface area contributed by atoms with Crippen molar-refractivity contribution in [2.75, 3.05) is 5.73 Å². The highest BCUT2D eigenvalue weighted by molar-refractivity contribution is 6.49. The Morgan fingerprint density at radius 3 is 2.29 bits per heavy atom. The summed E-state index contributed by atoms with van der Waals surface area (Å²) in [7, 11) is 0. The molecule has 2 aromatic carbocycles. The molecule has 5 nitrogen and oxygen atoms in total. The van der Waals surface area contributed by atoms with Crippen LogP contribution in [0.4, 0.5) is 5.69 Å². The first-order valence-corrected chi connectivity index (χ1v) is 6.42. The van der Waals surface area contributed by atoms with E-state index in [1.807, 2.05) is 18.2 Å². The second-order valence-electron chi connectivity index (χ2n) is 4.82. The van der Waals surface area contributed by atoms with Gasteiger partial charge in [-0.2, -0.15) is 0 Å². The van der Waals surface area contributed by atoms with Gasteiger partial charge in [0.1, 0.15) is 0 Å². The number of anilines is 1. The first-order valence-electron chi connectivity index (χ1n) is 6.42. The van der Waals surface area contributed by atoms with Crippen LogP contribution in [0.25, 0.3) is 0 Å². The first-order chi connectivity index (χ1) is 10.1. The maximum absolute atomic E-state index is 12.4. The van der Waals surface area contributed by atoms with Crippen LogP contribution in [0.3, 0.4) is 0 Å². The molecular formula is C16H12N2O3. The van der Waals surface area contributed by atoms with E-state index in [9.17, 15) is 14.4 Å².